The number of aromatic nitrogens is 2. The van der Waals surface area contributed by atoms with E-state index in [1.165, 1.54) is 5.56 Å². The van der Waals surface area contributed by atoms with Gasteiger partial charge in [0.25, 0.3) is 0 Å². The van der Waals surface area contributed by atoms with Crippen molar-refractivity contribution in [3.63, 3.8) is 0 Å². The number of hydrogen-bond donors (Lipinski definition) is 0. The molecule has 7 nitrogen and oxygen atoms in total. The molecule has 0 N–H and O–H groups in total. The maximum Gasteiger partial charge on any atom is 0.232 e. The van der Waals surface area contributed by atoms with Crippen LogP contribution >= 0.6 is 0 Å². The van der Waals surface area contributed by atoms with E-state index in [-0.39, 0.29) is 11.8 Å². The standard InChI is InChI=1S/C22H23N3O4/c1-13-8-9-16(10-14(13)2)25-12-15(11-19(25)26)22-23-21(24-29-22)17-6-5-7-18(27-3)20(17)28-4/h5-10,15H,11-12H2,1-4H3. The zero-order valence-corrected chi connectivity index (χ0v) is 16.9. The van der Waals surface area contributed by atoms with Crippen molar-refractivity contribution in [3.8, 4) is 22.9 Å². The highest BCUT2D eigenvalue weighted by molar-refractivity contribution is 5.96. The molecular formula is C22H23N3O4. The molecule has 0 saturated carbocycles. The number of benzene rings is 2. The van der Waals surface area contributed by atoms with Crippen LogP contribution in [0.3, 0.4) is 0 Å². The van der Waals surface area contributed by atoms with E-state index in [0.29, 0.717) is 41.7 Å². The lowest BCUT2D eigenvalue weighted by Gasteiger charge is -2.17. The van der Waals surface area contributed by atoms with E-state index >= 15 is 0 Å². The first kappa shape index (κ1) is 19.0. The molecule has 4 rings (SSSR count). The van der Waals surface area contributed by atoms with E-state index in [0.717, 1.165) is 11.3 Å². The Morgan fingerprint density at radius 3 is 2.66 bits per heavy atom. The molecule has 29 heavy (non-hydrogen) atoms. The zero-order valence-electron chi connectivity index (χ0n) is 16.9. The number of ether oxygens (including phenoxy) is 2. The average molecular weight is 393 g/mol. The molecule has 1 aromatic heterocycles. The third kappa shape index (κ3) is 3.44. The van der Waals surface area contributed by atoms with Gasteiger partial charge in [0.2, 0.25) is 17.6 Å². The second kappa shape index (κ2) is 7.58. The minimum absolute atomic E-state index is 0.0527. The van der Waals surface area contributed by atoms with Crippen molar-refractivity contribution in [3.05, 3.63) is 53.4 Å². The fourth-order valence-electron chi connectivity index (χ4n) is 3.59. The molecule has 2 aromatic carbocycles. The highest BCUT2D eigenvalue weighted by atomic mass is 16.5. The molecule has 3 aromatic rings. The highest BCUT2D eigenvalue weighted by Gasteiger charge is 2.35. The van der Waals surface area contributed by atoms with Gasteiger partial charge in [-0.1, -0.05) is 17.3 Å². The van der Waals surface area contributed by atoms with Crippen LogP contribution in [0.4, 0.5) is 5.69 Å². The van der Waals surface area contributed by atoms with Gasteiger partial charge in [-0.05, 0) is 49.2 Å². The van der Waals surface area contributed by atoms with Gasteiger partial charge in [-0.2, -0.15) is 4.98 Å². The summed E-state index contributed by atoms with van der Waals surface area (Å²) in [5, 5.41) is 4.11. The van der Waals surface area contributed by atoms with Gasteiger partial charge >= 0.3 is 0 Å². The molecule has 1 fully saturated rings. The molecule has 2 heterocycles. The second-order valence-corrected chi connectivity index (χ2v) is 7.17. The van der Waals surface area contributed by atoms with E-state index in [9.17, 15) is 4.79 Å². The van der Waals surface area contributed by atoms with Gasteiger partial charge in [0.1, 0.15) is 0 Å². The lowest BCUT2D eigenvalue weighted by Crippen LogP contribution is -2.24. The van der Waals surface area contributed by atoms with E-state index in [2.05, 4.69) is 17.1 Å². The van der Waals surface area contributed by atoms with Crippen molar-refractivity contribution in [1.82, 2.24) is 10.1 Å². The molecule has 0 aliphatic carbocycles. The number of carbonyl (C=O) groups excluding carboxylic acids is 1. The summed E-state index contributed by atoms with van der Waals surface area (Å²) in [7, 11) is 3.15. The normalized spacial score (nSPS) is 16.3. The van der Waals surface area contributed by atoms with Crippen LogP contribution in [0.5, 0.6) is 11.5 Å². The first-order valence-electron chi connectivity index (χ1n) is 9.44. The summed E-state index contributed by atoms with van der Waals surface area (Å²) in [5.41, 5.74) is 3.93. The minimum Gasteiger partial charge on any atom is -0.493 e. The van der Waals surface area contributed by atoms with Crippen molar-refractivity contribution in [1.29, 1.82) is 0 Å². The van der Waals surface area contributed by atoms with Crippen LogP contribution in [-0.2, 0) is 4.79 Å². The molecule has 1 aliphatic rings. The average Bonchev–Trinajstić information content (AvgIpc) is 3.36. The van der Waals surface area contributed by atoms with Gasteiger partial charge in [-0.3, -0.25) is 4.79 Å². The van der Waals surface area contributed by atoms with Gasteiger partial charge in [-0.25, -0.2) is 0 Å². The summed E-state index contributed by atoms with van der Waals surface area (Å²) in [6, 6.07) is 11.5. The summed E-state index contributed by atoms with van der Waals surface area (Å²) >= 11 is 0. The lowest BCUT2D eigenvalue weighted by molar-refractivity contribution is -0.117. The van der Waals surface area contributed by atoms with E-state index in [4.69, 9.17) is 14.0 Å². The maximum absolute atomic E-state index is 12.6. The van der Waals surface area contributed by atoms with Crippen molar-refractivity contribution in [2.75, 3.05) is 25.7 Å². The van der Waals surface area contributed by atoms with E-state index < -0.39 is 0 Å². The van der Waals surface area contributed by atoms with Crippen molar-refractivity contribution >= 4 is 11.6 Å². The fourth-order valence-corrected chi connectivity index (χ4v) is 3.59. The van der Waals surface area contributed by atoms with E-state index in [1.54, 1.807) is 25.2 Å². The Morgan fingerprint density at radius 1 is 1.10 bits per heavy atom. The van der Waals surface area contributed by atoms with Crippen LogP contribution in [-0.4, -0.2) is 36.8 Å². The first-order valence-corrected chi connectivity index (χ1v) is 9.44. The Balaban J connectivity index is 1.59. The molecule has 0 bridgehead atoms. The van der Waals surface area contributed by atoms with Crippen molar-refractivity contribution in [2.45, 2.75) is 26.2 Å². The largest absolute Gasteiger partial charge is 0.493 e. The topological polar surface area (TPSA) is 77.7 Å². The van der Waals surface area contributed by atoms with Crippen LogP contribution in [0, 0.1) is 13.8 Å². The molecule has 1 unspecified atom stereocenters. The minimum atomic E-state index is -0.151. The highest BCUT2D eigenvalue weighted by Crippen LogP contribution is 2.38. The van der Waals surface area contributed by atoms with Crippen LogP contribution < -0.4 is 14.4 Å². The first-order chi connectivity index (χ1) is 14.0. The molecule has 7 heteroatoms. The van der Waals surface area contributed by atoms with Gasteiger partial charge < -0.3 is 18.9 Å². The molecular weight excluding hydrogens is 370 g/mol. The number of para-hydroxylation sites is 1. The van der Waals surface area contributed by atoms with Crippen LogP contribution in [0.25, 0.3) is 11.4 Å². The van der Waals surface area contributed by atoms with Crippen molar-refractivity contribution < 1.29 is 18.8 Å². The SMILES string of the molecule is COc1cccc(-c2noc(C3CC(=O)N(c4ccc(C)c(C)c4)C3)n2)c1OC. The number of amides is 1. The monoisotopic (exact) mass is 393 g/mol. The smallest absolute Gasteiger partial charge is 0.232 e. The summed E-state index contributed by atoms with van der Waals surface area (Å²) in [5.74, 6) is 1.89. The summed E-state index contributed by atoms with van der Waals surface area (Å²) in [6.45, 7) is 4.61. The van der Waals surface area contributed by atoms with Crippen molar-refractivity contribution in [2.24, 2.45) is 0 Å². The van der Waals surface area contributed by atoms with Gasteiger partial charge in [0.05, 0.1) is 25.7 Å². The predicted octanol–water partition coefficient (Wildman–Crippen LogP) is 3.89. The lowest BCUT2D eigenvalue weighted by atomic mass is 10.1. The summed E-state index contributed by atoms with van der Waals surface area (Å²) in [6.07, 6.45) is 0.337. The van der Waals surface area contributed by atoms with Gasteiger partial charge in [0, 0.05) is 18.7 Å². The number of methoxy groups -OCH3 is 2. The van der Waals surface area contributed by atoms with Gasteiger partial charge in [0.15, 0.2) is 11.5 Å². The number of anilines is 1. The molecule has 0 radical (unpaired) electrons. The Labute approximate surface area is 169 Å². The number of hydrogen-bond acceptors (Lipinski definition) is 6. The van der Waals surface area contributed by atoms with Crippen LogP contribution in [0.2, 0.25) is 0 Å². The summed E-state index contributed by atoms with van der Waals surface area (Å²) in [4.78, 5) is 18.9. The second-order valence-electron chi connectivity index (χ2n) is 7.17. The van der Waals surface area contributed by atoms with Gasteiger partial charge in [-0.15, -0.1) is 0 Å². The Morgan fingerprint density at radius 2 is 1.93 bits per heavy atom. The maximum atomic E-state index is 12.6. The Bertz CT molecular complexity index is 1060. The number of carbonyl (C=O) groups is 1. The third-order valence-electron chi connectivity index (χ3n) is 5.36. The summed E-state index contributed by atoms with van der Waals surface area (Å²) < 4.78 is 16.3. The number of aryl methyl sites for hydroxylation is 2. The third-order valence-corrected chi connectivity index (χ3v) is 5.36. The van der Waals surface area contributed by atoms with E-state index in [1.807, 2.05) is 37.3 Å². The molecule has 0 spiro atoms. The number of rotatable bonds is 5. The van der Waals surface area contributed by atoms with Crippen LogP contribution in [0.15, 0.2) is 40.9 Å². The quantitative estimate of drug-likeness (QED) is 0.654. The molecule has 1 amide bonds. The molecule has 1 atom stereocenters. The molecule has 150 valence electrons. The number of nitrogens with zero attached hydrogens (tertiary/aromatic N) is 3. The molecule has 1 saturated heterocycles. The van der Waals surface area contributed by atoms with Crippen LogP contribution in [0.1, 0.15) is 29.4 Å². The fraction of sp³-hybridized carbons (Fsp3) is 0.318. The predicted molar refractivity (Wildman–Crippen MR) is 108 cm³/mol. The zero-order chi connectivity index (χ0) is 20.5. The Kier molecular flexibility index (Phi) is 4.96. The Hall–Kier alpha value is -3.35. The molecule has 1 aliphatic heterocycles.